The summed E-state index contributed by atoms with van der Waals surface area (Å²) in [5.41, 5.74) is -0.236. The minimum absolute atomic E-state index is 0.0404. The summed E-state index contributed by atoms with van der Waals surface area (Å²) in [5, 5.41) is 13.3. The Bertz CT molecular complexity index is 577. The number of nitrogens with one attached hydrogen (secondary N) is 1. The van der Waals surface area contributed by atoms with Gasteiger partial charge in [-0.1, -0.05) is 5.92 Å². The average molecular weight is 276 g/mol. The molecule has 7 nitrogen and oxygen atoms in total. The van der Waals surface area contributed by atoms with E-state index in [1.54, 1.807) is 0 Å². The first-order valence-electron chi connectivity index (χ1n) is 5.61. The first kappa shape index (κ1) is 15.2. The van der Waals surface area contributed by atoms with Crippen molar-refractivity contribution in [3.63, 3.8) is 0 Å². The van der Waals surface area contributed by atoms with E-state index in [9.17, 15) is 19.7 Å². The van der Waals surface area contributed by atoms with Gasteiger partial charge in [0.05, 0.1) is 11.5 Å². The molecule has 0 radical (unpaired) electrons. The topological polar surface area (TPSA) is 98.5 Å². The molecule has 1 atom stereocenters. The molecule has 104 valence electrons. The molecule has 20 heavy (non-hydrogen) atoms. The van der Waals surface area contributed by atoms with Crippen LogP contribution in [0.1, 0.15) is 17.3 Å². The van der Waals surface area contributed by atoms with Crippen molar-refractivity contribution >= 4 is 17.9 Å². The van der Waals surface area contributed by atoms with E-state index in [1.807, 2.05) is 0 Å². The van der Waals surface area contributed by atoms with Crippen molar-refractivity contribution in [2.24, 2.45) is 0 Å². The van der Waals surface area contributed by atoms with Gasteiger partial charge in [-0.3, -0.25) is 19.7 Å². The quantitative estimate of drug-likeness (QED) is 0.360. The molecule has 0 bridgehead atoms. The first-order chi connectivity index (χ1) is 9.49. The van der Waals surface area contributed by atoms with Gasteiger partial charge in [0.2, 0.25) is 0 Å². The summed E-state index contributed by atoms with van der Waals surface area (Å²) < 4.78 is 5.23. The number of ether oxygens (including phenoxy) is 1. The third-order valence-corrected chi connectivity index (χ3v) is 2.35. The molecule has 1 aromatic carbocycles. The number of aldehydes is 1. The molecular weight excluding hydrogens is 264 g/mol. The minimum Gasteiger partial charge on any atom is -0.474 e. The lowest BCUT2D eigenvalue weighted by Crippen LogP contribution is -2.36. The Morgan fingerprint density at radius 2 is 2.35 bits per heavy atom. The lowest BCUT2D eigenvalue weighted by Gasteiger charge is -2.13. The first-order valence-corrected chi connectivity index (χ1v) is 5.61. The summed E-state index contributed by atoms with van der Waals surface area (Å²) in [7, 11) is 0. The van der Waals surface area contributed by atoms with Gasteiger partial charge in [-0.25, -0.2) is 0 Å². The number of nitro benzene ring substituents is 1. The van der Waals surface area contributed by atoms with Gasteiger partial charge < -0.3 is 10.1 Å². The zero-order chi connectivity index (χ0) is 15.1. The summed E-state index contributed by atoms with van der Waals surface area (Å²) in [6.45, 7) is 1.47. The Balaban J connectivity index is 2.92. The molecule has 0 aliphatic carbocycles. The predicted octanol–water partition coefficient (Wildman–Crippen LogP) is 0.924. The van der Waals surface area contributed by atoms with Crippen molar-refractivity contribution in [3.8, 4) is 18.1 Å². The molecule has 0 fully saturated rings. The Morgan fingerprint density at radius 3 is 2.90 bits per heavy atom. The fourth-order valence-electron chi connectivity index (χ4n) is 1.38. The van der Waals surface area contributed by atoms with Crippen molar-refractivity contribution in [2.75, 3.05) is 6.54 Å². The van der Waals surface area contributed by atoms with E-state index in [2.05, 4.69) is 11.2 Å². The van der Waals surface area contributed by atoms with E-state index in [4.69, 9.17) is 11.2 Å². The summed E-state index contributed by atoms with van der Waals surface area (Å²) in [4.78, 5) is 32.4. The molecule has 0 saturated heterocycles. The average Bonchev–Trinajstić information content (AvgIpc) is 2.44. The number of benzene rings is 1. The fourth-order valence-corrected chi connectivity index (χ4v) is 1.38. The van der Waals surface area contributed by atoms with Crippen LogP contribution in [0.15, 0.2) is 18.2 Å². The van der Waals surface area contributed by atoms with E-state index in [-0.39, 0.29) is 23.5 Å². The molecule has 0 saturated carbocycles. The molecule has 1 aromatic rings. The maximum Gasteiger partial charge on any atom is 0.311 e. The van der Waals surface area contributed by atoms with Gasteiger partial charge in [-0.05, 0) is 19.1 Å². The number of amides is 1. The minimum atomic E-state index is -0.955. The number of nitro groups is 1. The van der Waals surface area contributed by atoms with Crippen molar-refractivity contribution in [1.82, 2.24) is 5.32 Å². The molecule has 0 spiro atoms. The molecule has 7 heteroatoms. The van der Waals surface area contributed by atoms with Gasteiger partial charge in [0.25, 0.3) is 5.91 Å². The van der Waals surface area contributed by atoms with Crippen LogP contribution < -0.4 is 10.1 Å². The molecular formula is C13H12N2O5. The fraction of sp³-hybridized carbons (Fsp3) is 0.231. The van der Waals surface area contributed by atoms with Crippen LogP contribution in [0.3, 0.4) is 0 Å². The second kappa shape index (κ2) is 6.89. The Hall–Kier alpha value is -2.88. The lowest BCUT2D eigenvalue weighted by atomic mass is 10.2. The molecule has 1 rings (SSSR count). The highest BCUT2D eigenvalue weighted by atomic mass is 16.6. The zero-order valence-electron chi connectivity index (χ0n) is 10.7. The maximum absolute atomic E-state index is 11.6. The van der Waals surface area contributed by atoms with E-state index in [0.717, 1.165) is 6.07 Å². The second-order valence-electron chi connectivity index (χ2n) is 3.78. The van der Waals surface area contributed by atoms with Crippen LogP contribution in [0, 0.1) is 22.5 Å². The van der Waals surface area contributed by atoms with Crippen LogP contribution >= 0.6 is 0 Å². The summed E-state index contributed by atoms with van der Waals surface area (Å²) in [6, 6.07) is 3.71. The highest BCUT2D eigenvalue weighted by molar-refractivity contribution is 5.81. The van der Waals surface area contributed by atoms with Crippen molar-refractivity contribution in [2.45, 2.75) is 13.0 Å². The number of carbonyl (C=O) groups is 2. The van der Waals surface area contributed by atoms with Crippen LogP contribution in [-0.4, -0.2) is 29.8 Å². The molecule has 1 unspecified atom stereocenters. The molecule has 1 N–H and O–H groups in total. The molecule has 0 heterocycles. The van der Waals surface area contributed by atoms with Gasteiger partial charge in [-0.15, -0.1) is 6.42 Å². The van der Waals surface area contributed by atoms with Crippen molar-refractivity contribution < 1.29 is 19.2 Å². The second-order valence-corrected chi connectivity index (χ2v) is 3.78. The predicted molar refractivity (Wildman–Crippen MR) is 70.4 cm³/mol. The van der Waals surface area contributed by atoms with Crippen molar-refractivity contribution in [3.05, 3.63) is 33.9 Å². The lowest BCUT2D eigenvalue weighted by molar-refractivity contribution is -0.386. The SMILES string of the molecule is C#CCNC(=O)C(C)Oc1ccc(C=O)cc1[N+](=O)[O-]. The molecule has 1 amide bonds. The van der Waals surface area contributed by atoms with Crippen LogP contribution in [-0.2, 0) is 4.79 Å². The van der Waals surface area contributed by atoms with Gasteiger partial charge in [0, 0.05) is 11.6 Å². The number of hydrogen-bond acceptors (Lipinski definition) is 5. The van der Waals surface area contributed by atoms with Crippen molar-refractivity contribution in [1.29, 1.82) is 0 Å². The van der Waals surface area contributed by atoms with Gasteiger partial charge in [0.15, 0.2) is 11.9 Å². The zero-order valence-corrected chi connectivity index (χ0v) is 10.7. The number of rotatable bonds is 6. The standard InChI is InChI=1S/C13H12N2O5/c1-3-6-14-13(17)9(2)20-12-5-4-10(8-16)7-11(12)15(18)19/h1,4-5,7-9H,6H2,2H3,(H,14,17). The number of nitrogens with zero attached hydrogens (tertiary/aromatic N) is 1. The molecule has 0 aliphatic rings. The summed E-state index contributed by atoms with van der Waals surface area (Å²) in [5.74, 6) is 1.64. The van der Waals surface area contributed by atoms with E-state index in [0.29, 0.717) is 6.29 Å². The monoisotopic (exact) mass is 276 g/mol. The van der Waals surface area contributed by atoms with Gasteiger partial charge in [-0.2, -0.15) is 0 Å². The Morgan fingerprint density at radius 1 is 1.65 bits per heavy atom. The number of hydrogen-bond donors (Lipinski definition) is 1. The summed E-state index contributed by atoms with van der Waals surface area (Å²) in [6.07, 6.45) is 4.53. The van der Waals surface area contributed by atoms with Gasteiger partial charge >= 0.3 is 5.69 Å². The highest BCUT2D eigenvalue weighted by Gasteiger charge is 2.21. The third kappa shape index (κ3) is 3.81. The maximum atomic E-state index is 11.6. The third-order valence-electron chi connectivity index (χ3n) is 2.35. The van der Waals surface area contributed by atoms with Crippen LogP contribution in [0.5, 0.6) is 5.75 Å². The molecule has 0 aliphatic heterocycles. The van der Waals surface area contributed by atoms with Crippen LogP contribution in [0.2, 0.25) is 0 Å². The smallest absolute Gasteiger partial charge is 0.311 e. The van der Waals surface area contributed by atoms with Gasteiger partial charge in [0.1, 0.15) is 6.29 Å². The largest absolute Gasteiger partial charge is 0.474 e. The Labute approximate surface area is 115 Å². The van der Waals surface area contributed by atoms with Crippen LogP contribution in [0.25, 0.3) is 0 Å². The van der Waals surface area contributed by atoms with E-state index < -0.39 is 16.9 Å². The highest BCUT2D eigenvalue weighted by Crippen LogP contribution is 2.28. The normalized spacial score (nSPS) is 11.0. The summed E-state index contributed by atoms with van der Waals surface area (Å²) >= 11 is 0. The van der Waals surface area contributed by atoms with E-state index in [1.165, 1.54) is 19.1 Å². The number of carbonyl (C=O) groups excluding carboxylic acids is 2. The number of terminal acetylenes is 1. The van der Waals surface area contributed by atoms with Crippen LogP contribution in [0.4, 0.5) is 5.69 Å². The van der Waals surface area contributed by atoms with E-state index >= 15 is 0 Å². The molecule has 0 aromatic heterocycles. The Kier molecular flexibility index (Phi) is 5.23.